The topological polar surface area (TPSA) is 119 Å². The Morgan fingerprint density at radius 3 is 2.87 bits per heavy atom. The van der Waals surface area contributed by atoms with Crippen LogP contribution in [-0.2, 0) is 17.6 Å². The third kappa shape index (κ3) is 3.46. The highest BCUT2D eigenvalue weighted by Crippen LogP contribution is 2.38. The number of anilines is 1. The number of aromatic nitrogens is 4. The van der Waals surface area contributed by atoms with E-state index < -0.39 is 5.91 Å². The molecule has 3 N–H and O–H groups in total. The lowest BCUT2D eigenvalue weighted by Gasteiger charge is -2.30. The number of piperidine rings is 1. The SMILES string of the molecule is NC(=O)c1c(NC(=O)CN2CCC(c3nnc4cnccn34)CC2)sc2c1CCC2. The highest BCUT2D eigenvalue weighted by atomic mass is 32.1. The van der Waals surface area contributed by atoms with Crippen molar-refractivity contribution in [3.63, 3.8) is 0 Å². The zero-order chi connectivity index (χ0) is 20.7. The second-order valence-electron chi connectivity index (χ2n) is 7.89. The second-order valence-corrected chi connectivity index (χ2v) is 8.99. The van der Waals surface area contributed by atoms with Gasteiger partial charge in [-0.25, -0.2) is 0 Å². The summed E-state index contributed by atoms with van der Waals surface area (Å²) in [6.45, 7) is 1.92. The first-order valence-electron chi connectivity index (χ1n) is 10.2. The van der Waals surface area contributed by atoms with Crippen LogP contribution in [0.2, 0.25) is 0 Å². The third-order valence-corrected chi connectivity index (χ3v) is 7.19. The molecule has 0 unspecified atom stereocenters. The van der Waals surface area contributed by atoms with E-state index in [2.05, 4.69) is 25.4 Å². The molecule has 0 bridgehead atoms. The standard InChI is InChI=1S/C20H23N7O2S/c21-18(29)17-13-2-1-3-14(13)30-20(17)23-16(28)11-26-7-4-12(5-8-26)19-25-24-15-10-22-6-9-27(15)19/h6,9-10,12H,1-5,7-8,11H2,(H2,21,29)(H,23,28). The van der Waals surface area contributed by atoms with Gasteiger partial charge in [0.15, 0.2) is 5.65 Å². The number of fused-ring (bicyclic) bond motifs is 2. The van der Waals surface area contributed by atoms with Crippen LogP contribution in [0.3, 0.4) is 0 Å². The summed E-state index contributed by atoms with van der Waals surface area (Å²) in [4.78, 5) is 31.9. The monoisotopic (exact) mass is 425 g/mol. The lowest BCUT2D eigenvalue weighted by Crippen LogP contribution is -2.39. The Morgan fingerprint density at radius 1 is 1.23 bits per heavy atom. The average Bonchev–Trinajstić information content (AvgIpc) is 3.42. The Labute approximate surface area is 177 Å². The molecule has 2 amide bonds. The van der Waals surface area contributed by atoms with Gasteiger partial charge in [0.05, 0.1) is 18.3 Å². The zero-order valence-electron chi connectivity index (χ0n) is 16.5. The van der Waals surface area contributed by atoms with Gasteiger partial charge in [0.25, 0.3) is 5.91 Å². The molecule has 9 nitrogen and oxygen atoms in total. The number of hydrogen-bond donors (Lipinski definition) is 2. The predicted octanol–water partition coefficient (Wildman–Crippen LogP) is 1.59. The summed E-state index contributed by atoms with van der Waals surface area (Å²) >= 11 is 1.49. The summed E-state index contributed by atoms with van der Waals surface area (Å²) in [5.41, 5.74) is 7.87. The molecule has 0 radical (unpaired) electrons. The lowest BCUT2D eigenvalue weighted by molar-refractivity contribution is -0.117. The molecular weight excluding hydrogens is 402 g/mol. The predicted molar refractivity (Wildman–Crippen MR) is 113 cm³/mol. The molecule has 30 heavy (non-hydrogen) atoms. The molecule has 0 saturated carbocycles. The molecular formula is C20H23N7O2S. The van der Waals surface area contributed by atoms with Crippen LogP contribution < -0.4 is 11.1 Å². The number of hydrogen-bond acceptors (Lipinski definition) is 7. The van der Waals surface area contributed by atoms with Gasteiger partial charge in [0, 0.05) is 23.2 Å². The fraction of sp³-hybridized carbons (Fsp3) is 0.450. The molecule has 0 atom stereocenters. The number of nitrogens with zero attached hydrogens (tertiary/aromatic N) is 5. The van der Waals surface area contributed by atoms with Crippen LogP contribution in [-0.4, -0.2) is 55.9 Å². The molecule has 0 aromatic carbocycles. The van der Waals surface area contributed by atoms with Gasteiger partial charge in [0.2, 0.25) is 5.91 Å². The van der Waals surface area contributed by atoms with Gasteiger partial charge in [-0.15, -0.1) is 21.5 Å². The molecule has 3 aromatic heterocycles. The van der Waals surface area contributed by atoms with E-state index in [1.165, 1.54) is 16.2 Å². The minimum absolute atomic E-state index is 0.102. The van der Waals surface area contributed by atoms with E-state index in [9.17, 15) is 9.59 Å². The molecule has 156 valence electrons. The number of carbonyl (C=O) groups excluding carboxylic acids is 2. The normalized spacial score (nSPS) is 17.3. The Balaban J connectivity index is 1.20. The Morgan fingerprint density at radius 2 is 2.07 bits per heavy atom. The molecule has 3 aromatic rings. The lowest BCUT2D eigenvalue weighted by atomic mass is 9.96. The maximum absolute atomic E-state index is 12.6. The number of likely N-dealkylation sites (tertiary alicyclic amines) is 1. The summed E-state index contributed by atoms with van der Waals surface area (Å²) in [7, 11) is 0. The fourth-order valence-electron chi connectivity index (χ4n) is 4.52. The Hall–Kier alpha value is -2.85. The van der Waals surface area contributed by atoms with Crippen molar-refractivity contribution in [3.05, 3.63) is 40.4 Å². The van der Waals surface area contributed by atoms with Crippen LogP contribution in [0.15, 0.2) is 18.6 Å². The van der Waals surface area contributed by atoms with Crippen molar-refractivity contribution in [2.75, 3.05) is 25.0 Å². The van der Waals surface area contributed by atoms with Crippen molar-refractivity contribution in [2.24, 2.45) is 5.73 Å². The van der Waals surface area contributed by atoms with E-state index in [1.807, 2.05) is 10.6 Å². The number of rotatable bonds is 5. The zero-order valence-corrected chi connectivity index (χ0v) is 17.3. The van der Waals surface area contributed by atoms with E-state index in [-0.39, 0.29) is 5.91 Å². The van der Waals surface area contributed by atoms with Crippen LogP contribution in [0.4, 0.5) is 5.00 Å². The van der Waals surface area contributed by atoms with Crippen LogP contribution in [0, 0.1) is 0 Å². The van der Waals surface area contributed by atoms with E-state index in [0.717, 1.165) is 62.2 Å². The molecule has 4 heterocycles. The van der Waals surface area contributed by atoms with Crippen molar-refractivity contribution in [2.45, 2.75) is 38.0 Å². The van der Waals surface area contributed by atoms with Crippen LogP contribution in [0.25, 0.3) is 5.65 Å². The summed E-state index contributed by atoms with van der Waals surface area (Å²) in [6, 6.07) is 0. The highest BCUT2D eigenvalue weighted by molar-refractivity contribution is 7.17. The van der Waals surface area contributed by atoms with Crippen LogP contribution in [0.1, 0.15) is 51.8 Å². The average molecular weight is 426 g/mol. The van der Waals surface area contributed by atoms with Crippen molar-refractivity contribution < 1.29 is 9.59 Å². The van der Waals surface area contributed by atoms with Gasteiger partial charge in [-0.1, -0.05) is 0 Å². The Kier molecular flexibility index (Phi) is 4.95. The maximum Gasteiger partial charge on any atom is 0.251 e. The van der Waals surface area contributed by atoms with Crippen molar-refractivity contribution in [3.8, 4) is 0 Å². The minimum atomic E-state index is -0.457. The maximum atomic E-state index is 12.6. The molecule has 0 spiro atoms. The van der Waals surface area contributed by atoms with Crippen molar-refractivity contribution in [1.82, 2.24) is 24.5 Å². The van der Waals surface area contributed by atoms with Gasteiger partial charge in [-0.3, -0.25) is 23.9 Å². The molecule has 1 saturated heterocycles. The second kappa shape index (κ2) is 7.77. The van der Waals surface area contributed by atoms with E-state index in [1.54, 1.807) is 12.4 Å². The molecule has 2 aliphatic rings. The minimum Gasteiger partial charge on any atom is -0.365 e. The summed E-state index contributed by atoms with van der Waals surface area (Å²) in [5.74, 6) is 0.704. The van der Waals surface area contributed by atoms with E-state index in [4.69, 9.17) is 5.73 Å². The largest absolute Gasteiger partial charge is 0.365 e. The number of carbonyl (C=O) groups is 2. The highest BCUT2D eigenvalue weighted by Gasteiger charge is 2.28. The third-order valence-electron chi connectivity index (χ3n) is 5.98. The first kappa shape index (κ1) is 19.1. The smallest absolute Gasteiger partial charge is 0.251 e. The van der Waals surface area contributed by atoms with Gasteiger partial charge in [0.1, 0.15) is 10.8 Å². The number of amides is 2. The van der Waals surface area contributed by atoms with Gasteiger partial charge in [-0.05, 0) is 50.8 Å². The summed E-state index contributed by atoms with van der Waals surface area (Å²) in [5, 5.41) is 12.1. The number of nitrogens with one attached hydrogen (secondary N) is 1. The van der Waals surface area contributed by atoms with Crippen molar-refractivity contribution >= 4 is 33.8 Å². The molecule has 1 aliphatic heterocycles. The summed E-state index contributed by atoms with van der Waals surface area (Å²) < 4.78 is 1.99. The summed E-state index contributed by atoms with van der Waals surface area (Å²) in [6.07, 6.45) is 10.0. The number of primary amides is 1. The first-order valence-corrected chi connectivity index (χ1v) is 11.0. The number of nitrogens with two attached hydrogens (primary N) is 1. The Bertz CT molecular complexity index is 1110. The van der Waals surface area contributed by atoms with Gasteiger partial charge >= 0.3 is 0 Å². The molecule has 10 heteroatoms. The van der Waals surface area contributed by atoms with Gasteiger partial charge in [-0.2, -0.15) is 0 Å². The van der Waals surface area contributed by atoms with E-state index in [0.29, 0.717) is 23.0 Å². The molecule has 1 aliphatic carbocycles. The van der Waals surface area contributed by atoms with E-state index >= 15 is 0 Å². The van der Waals surface area contributed by atoms with Crippen LogP contribution >= 0.6 is 11.3 Å². The first-order chi connectivity index (χ1) is 14.6. The molecule has 5 rings (SSSR count). The fourth-order valence-corrected chi connectivity index (χ4v) is 5.83. The molecule has 1 fully saturated rings. The van der Waals surface area contributed by atoms with Crippen LogP contribution in [0.5, 0.6) is 0 Å². The van der Waals surface area contributed by atoms with Crippen molar-refractivity contribution in [1.29, 1.82) is 0 Å². The van der Waals surface area contributed by atoms with Gasteiger partial charge < -0.3 is 11.1 Å². The number of aryl methyl sites for hydroxylation is 1. The quantitative estimate of drug-likeness (QED) is 0.641. The number of thiophene rings is 1.